The maximum atomic E-state index is 12.7. The molecular formula is C13H20N2O3S. The zero-order valence-electron chi connectivity index (χ0n) is 11.3. The predicted molar refractivity (Wildman–Crippen MR) is 74.3 cm³/mol. The van der Waals surface area contributed by atoms with E-state index in [1.54, 1.807) is 19.1 Å². The number of aryl methyl sites for hydroxylation is 1. The maximum absolute atomic E-state index is 12.7. The monoisotopic (exact) mass is 284 g/mol. The molecule has 1 aliphatic rings. The minimum absolute atomic E-state index is 0.139. The van der Waals surface area contributed by atoms with Gasteiger partial charge in [0.1, 0.15) is 0 Å². The van der Waals surface area contributed by atoms with Gasteiger partial charge in [0.25, 0.3) is 0 Å². The van der Waals surface area contributed by atoms with Crippen molar-refractivity contribution in [2.75, 3.05) is 18.9 Å². The lowest BCUT2D eigenvalue weighted by atomic mass is 10.1. The Hall–Kier alpha value is -1.11. The van der Waals surface area contributed by atoms with Crippen LogP contribution in [-0.4, -0.2) is 37.0 Å². The van der Waals surface area contributed by atoms with E-state index in [1.807, 2.05) is 6.92 Å². The molecule has 0 amide bonds. The van der Waals surface area contributed by atoms with Gasteiger partial charge in [0, 0.05) is 18.3 Å². The molecule has 1 fully saturated rings. The SMILES string of the molecule is Cc1cc(N)c(C)c(S(=O)(=O)N2CCC[C@H]2CO)c1. The molecule has 0 spiro atoms. The summed E-state index contributed by atoms with van der Waals surface area (Å²) in [7, 11) is -3.58. The van der Waals surface area contributed by atoms with Crippen molar-refractivity contribution in [1.29, 1.82) is 0 Å². The van der Waals surface area contributed by atoms with E-state index in [1.165, 1.54) is 4.31 Å². The third kappa shape index (κ3) is 2.48. The number of nitrogens with zero attached hydrogens (tertiary/aromatic N) is 1. The van der Waals surface area contributed by atoms with Crippen LogP contribution < -0.4 is 5.73 Å². The third-order valence-corrected chi connectivity index (χ3v) is 5.74. The molecule has 0 unspecified atom stereocenters. The molecule has 0 saturated carbocycles. The van der Waals surface area contributed by atoms with Gasteiger partial charge in [-0.05, 0) is 49.9 Å². The van der Waals surface area contributed by atoms with Crippen molar-refractivity contribution in [1.82, 2.24) is 4.31 Å². The molecule has 5 nitrogen and oxygen atoms in total. The average Bonchev–Trinajstić information content (AvgIpc) is 2.82. The largest absolute Gasteiger partial charge is 0.398 e. The zero-order chi connectivity index (χ0) is 14.2. The number of aliphatic hydroxyl groups is 1. The first-order valence-corrected chi connectivity index (χ1v) is 7.81. The van der Waals surface area contributed by atoms with E-state index in [0.717, 1.165) is 12.0 Å². The highest BCUT2D eigenvalue weighted by Gasteiger charge is 2.35. The summed E-state index contributed by atoms with van der Waals surface area (Å²) in [5, 5.41) is 9.29. The van der Waals surface area contributed by atoms with Crippen molar-refractivity contribution in [3.8, 4) is 0 Å². The number of anilines is 1. The molecule has 1 aromatic rings. The van der Waals surface area contributed by atoms with Crippen molar-refractivity contribution >= 4 is 15.7 Å². The molecule has 106 valence electrons. The molecule has 1 heterocycles. The summed E-state index contributed by atoms with van der Waals surface area (Å²) >= 11 is 0. The Labute approximate surface area is 114 Å². The fraction of sp³-hybridized carbons (Fsp3) is 0.538. The van der Waals surface area contributed by atoms with E-state index in [-0.39, 0.29) is 17.5 Å². The highest BCUT2D eigenvalue weighted by Crippen LogP contribution is 2.30. The number of hydrogen-bond acceptors (Lipinski definition) is 4. The summed E-state index contributed by atoms with van der Waals surface area (Å²) in [6.07, 6.45) is 1.49. The highest BCUT2D eigenvalue weighted by molar-refractivity contribution is 7.89. The smallest absolute Gasteiger partial charge is 0.243 e. The van der Waals surface area contributed by atoms with Crippen LogP contribution in [0.2, 0.25) is 0 Å². The van der Waals surface area contributed by atoms with Crippen LogP contribution in [0.5, 0.6) is 0 Å². The Morgan fingerprint density at radius 1 is 1.42 bits per heavy atom. The van der Waals surface area contributed by atoms with Gasteiger partial charge in [-0.15, -0.1) is 0 Å². The van der Waals surface area contributed by atoms with Gasteiger partial charge < -0.3 is 10.8 Å². The Morgan fingerprint density at radius 3 is 2.74 bits per heavy atom. The van der Waals surface area contributed by atoms with E-state index < -0.39 is 10.0 Å². The number of rotatable bonds is 3. The van der Waals surface area contributed by atoms with Gasteiger partial charge >= 0.3 is 0 Å². The number of nitrogens with two attached hydrogens (primary N) is 1. The van der Waals surface area contributed by atoms with Gasteiger partial charge in [-0.3, -0.25) is 0 Å². The van der Waals surface area contributed by atoms with Crippen LogP contribution in [0.4, 0.5) is 5.69 Å². The minimum Gasteiger partial charge on any atom is -0.398 e. The number of aliphatic hydroxyl groups excluding tert-OH is 1. The average molecular weight is 284 g/mol. The molecule has 6 heteroatoms. The second-order valence-corrected chi connectivity index (χ2v) is 6.93. The lowest BCUT2D eigenvalue weighted by Gasteiger charge is -2.24. The summed E-state index contributed by atoms with van der Waals surface area (Å²) in [5.41, 5.74) is 7.73. The summed E-state index contributed by atoms with van der Waals surface area (Å²) in [5.74, 6) is 0. The van der Waals surface area contributed by atoms with Crippen molar-refractivity contribution in [2.45, 2.75) is 37.6 Å². The van der Waals surface area contributed by atoms with Gasteiger partial charge in [-0.2, -0.15) is 4.31 Å². The Bertz CT molecular complexity index is 584. The van der Waals surface area contributed by atoms with Crippen molar-refractivity contribution < 1.29 is 13.5 Å². The fourth-order valence-electron chi connectivity index (χ4n) is 2.55. The molecule has 19 heavy (non-hydrogen) atoms. The third-order valence-electron chi connectivity index (χ3n) is 3.67. The molecule has 1 saturated heterocycles. The number of nitrogen functional groups attached to an aromatic ring is 1. The molecule has 1 aromatic carbocycles. The van der Waals surface area contributed by atoms with Gasteiger partial charge in [-0.1, -0.05) is 0 Å². The van der Waals surface area contributed by atoms with Gasteiger partial charge in [-0.25, -0.2) is 8.42 Å². The van der Waals surface area contributed by atoms with Crippen LogP contribution >= 0.6 is 0 Å². The van der Waals surface area contributed by atoms with E-state index in [9.17, 15) is 13.5 Å². The van der Waals surface area contributed by atoms with Crippen LogP contribution in [0.25, 0.3) is 0 Å². The summed E-state index contributed by atoms with van der Waals surface area (Å²) < 4.78 is 26.8. The first-order chi connectivity index (χ1) is 8.87. The normalized spacial score (nSPS) is 20.9. The number of sulfonamides is 1. The van der Waals surface area contributed by atoms with Gasteiger partial charge in [0.15, 0.2) is 0 Å². The van der Waals surface area contributed by atoms with E-state index >= 15 is 0 Å². The molecule has 0 aromatic heterocycles. The lowest BCUT2D eigenvalue weighted by molar-refractivity contribution is 0.213. The lowest BCUT2D eigenvalue weighted by Crippen LogP contribution is -2.38. The second kappa shape index (κ2) is 5.11. The number of hydrogen-bond donors (Lipinski definition) is 2. The molecular weight excluding hydrogens is 264 g/mol. The summed E-state index contributed by atoms with van der Waals surface area (Å²) in [6, 6.07) is 3.10. The molecule has 0 bridgehead atoms. The van der Waals surface area contributed by atoms with Crippen molar-refractivity contribution in [2.24, 2.45) is 0 Å². The van der Waals surface area contributed by atoms with Crippen LogP contribution in [0, 0.1) is 13.8 Å². The molecule has 2 rings (SSSR count). The summed E-state index contributed by atoms with van der Waals surface area (Å²) in [6.45, 7) is 3.86. The Morgan fingerprint density at radius 2 is 2.11 bits per heavy atom. The van der Waals surface area contributed by atoms with E-state index in [4.69, 9.17) is 5.73 Å². The van der Waals surface area contributed by atoms with Crippen LogP contribution in [-0.2, 0) is 10.0 Å². The maximum Gasteiger partial charge on any atom is 0.243 e. The van der Waals surface area contributed by atoms with Gasteiger partial charge in [0.2, 0.25) is 10.0 Å². The molecule has 0 radical (unpaired) electrons. The van der Waals surface area contributed by atoms with Crippen LogP contribution in [0.15, 0.2) is 17.0 Å². The fourth-order valence-corrected chi connectivity index (χ4v) is 4.58. The van der Waals surface area contributed by atoms with Crippen molar-refractivity contribution in [3.63, 3.8) is 0 Å². The van der Waals surface area contributed by atoms with Crippen LogP contribution in [0.3, 0.4) is 0 Å². The Balaban J connectivity index is 2.51. The minimum atomic E-state index is -3.58. The van der Waals surface area contributed by atoms with Crippen molar-refractivity contribution in [3.05, 3.63) is 23.3 Å². The Kier molecular flexibility index (Phi) is 3.85. The quantitative estimate of drug-likeness (QED) is 0.812. The molecule has 0 aliphatic carbocycles. The summed E-state index contributed by atoms with van der Waals surface area (Å²) in [4.78, 5) is 0.255. The molecule has 1 atom stereocenters. The predicted octanol–water partition coefficient (Wildman–Crippen LogP) is 1.03. The first-order valence-electron chi connectivity index (χ1n) is 6.37. The first kappa shape index (κ1) is 14.3. The van der Waals surface area contributed by atoms with E-state index in [0.29, 0.717) is 24.2 Å². The topological polar surface area (TPSA) is 83.6 Å². The highest BCUT2D eigenvalue weighted by atomic mass is 32.2. The molecule has 3 N–H and O–H groups in total. The second-order valence-electron chi connectivity index (χ2n) is 5.07. The van der Waals surface area contributed by atoms with E-state index in [2.05, 4.69) is 0 Å². The van der Waals surface area contributed by atoms with Gasteiger partial charge in [0.05, 0.1) is 11.5 Å². The van der Waals surface area contributed by atoms with Crippen LogP contribution in [0.1, 0.15) is 24.0 Å². The number of benzene rings is 1. The zero-order valence-corrected chi connectivity index (χ0v) is 12.1. The standard InChI is InChI=1S/C13H20N2O3S/c1-9-6-12(14)10(2)13(7-9)19(17,18)15-5-3-4-11(15)8-16/h6-7,11,16H,3-5,8,14H2,1-2H3/t11-/m0/s1. The molecule has 1 aliphatic heterocycles.